The highest BCUT2D eigenvalue weighted by atomic mass is 16.3. The number of aliphatic hydroxyl groups excluding tert-OH is 2. The van der Waals surface area contributed by atoms with E-state index in [1.807, 2.05) is 0 Å². The molecule has 2 atom stereocenters. The van der Waals surface area contributed by atoms with Crippen molar-refractivity contribution in [3.8, 4) is 5.75 Å². The monoisotopic (exact) mass is 168 g/mol. The number of benzene rings is 1. The van der Waals surface area contributed by atoms with Gasteiger partial charge in [0, 0.05) is 0 Å². The minimum Gasteiger partial charge on any atom is -0.508 e. The summed E-state index contributed by atoms with van der Waals surface area (Å²) >= 11 is 0. The Balaban J connectivity index is 2.88. The van der Waals surface area contributed by atoms with Gasteiger partial charge in [0.2, 0.25) is 0 Å². The van der Waals surface area contributed by atoms with Crippen molar-refractivity contribution >= 4 is 0 Å². The normalized spacial score (nSPS) is 15.6. The average molecular weight is 168 g/mol. The van der Waals surface area contributed by atoms with E-state index >= 15 is 0 Å². The fourth-order valence-electron chi connectivity index (χ4n) is 0.987. The van der Waals surface area contributed by atoms with Crippen LogP contribution in [0.4, 0.5) is 0 Å². The molecule has 0 spiro atoms. The molecule has 0 radical (unpaired) electrons. The van der Waals surface area contributed by atoms with Crippen molar-refractivity contribution in [3.63, 3.8) is 0 Å². The first-order chi connectivity index (χ1) is 5.61. The van der Waals surface area contributed by atoms with Gasteiger partial charge in [-0.1, -0.05) is 12.1 Å². The third-order valence-electron chi connectivity index (χ3n) is 1.67. The standard InChI is InChI=1S/C9H12O3/c1-6(10)9(12)7-3-2-4-8(11)5-7/h2-6,9-12H,1H3/t6-,9-/m0/s1. The largest absolute Gasteiger partial charge is 0.508 e. The molecule has 3 heteroatoms. The van der Waals surface area contributed by atoms with Crippen molar-refractivity contribution in [3.05, 3.63) is 29.8 Å². The van der Waals surface area contributed by atoms with Gasteiger partial charge in [0.15, 0.2) is 0 Å². The molecule has 0 fully saturated rings. The number of aromatic hydroxyl groups is 1. The lowest BCUT2D eigenvalue weighted by atomic mass is 10.1. The van der Waals surface area contributed by atoms with E-state index in [1.165, 1.54) is 19.1 Å². The van der Waals surface area contributed by atoms with Gasteiger partial charge in [0.25, 0.3) is 0 Å². The fraction of sp³-hybridized carbons (Fsp3) is 0.333. The zero-order valence-corrected chi connectivity index (χ0v) is 6.81. The number of phenols is 1. The molecule has 3 N–H and O–H groups in total. The molecule has 0 saturated carbocycles. The third-order valence-corrected chi connectivity index (χ3v) is 1.67. The highest BCUT2D eigenvalue weighted by Gasteiger charge is 2.13. The number of hydrogen-bond donors (Lipinski definition) is 3. The van der Waals surface area contributed by atoms with Crippen LogP contribution in [0.1, 0.15) is 18.6 Å². The van der Waals surface area contributed by atoms with Crippen molar-refractivity contribution in [2.24, 2.45) is 0 Å². The van der Waals surface area contributed by atoms with E-state index in [9.17, 15) is 5.11 Å². The molecule has 3 nitrogen and oxygen atoms in total. The molecule has 0 aliphatic carbocycles. The summed E-state index contributed by atoms with van der Waals surface area (Å²) in [6, 6.07) is 6.21. The van der Waals surface area contributed by atoms with Crippen LogP contribution in [-0.2, 0) is 0 Å². The van der Waals surface area contributed by atoms with Crippen molar-refractivity contribution in [2.75, 3.05) is 0 Å². The second-order valence-electron chi connectivity index (χ2n) is 2.78. The number of phenolic OH excluding ortho intramolecular Hbond substituents is 1. The van der Waals surface area contributed by atoms with Crippen LogP contribution in [-0.4, -0.2) is 21.4 Å². The average Bonchev–Trinajstić information content (AvgIpc) is 2.03. The Morgan fingerprint density at radius 1 is 1.25 bits per heavy atom. The van der Waals surface area contributed by atoms with Crippen LogP contribution in [0.25, 0.3) is 0 Å². The molecule has 0 unspecified atom stereocenters. The number of aliphatic hydroxyl groups is 2. The van der Waals surface area contributed by atoms with Gasteiger partial charge in [0.05, 0.1) is 6.10 Å². The predicted octanol–water partition coefficient (Wildman–Crippen LogP) is 0.806. The van der Waals surface area contributed by atoms with E-state index in [-0.39, 0.29) is 5.75 Å². The highest BCUT2D eigenvalue weighted by Crippen LogP contribution is 2.20. The topological polar surface area (TPSA) is 60.7 Å². The molecule has 0 aromatic heterocycles. The lowest BCUT2D eigenvalue weighted by Crippen LogP contribution is -2.13. The molecule has 0 amide bonds. The van der Waals surface area contributed by atoms with E-state index in [0.29, 0.717) is 5.56 Å². The van der Waals surface area contributed by atoms with Gasteiger partial charge in [-0.05, 0) is 24.6 Å². The summed E-state index contributed by atoms with van der Waals surface area (Å²) in [7, 11) is 0. The summed E-state index contributed by atoms with van der Waals surface area (Å²) in [5, 5.41) is 27.4. The fourth-order valence-corrected chi connectivity index (χ4v) is 0.987. The second-order valence-corrected chi connectivity index (χ2v) is 2.78. The minimum absolute atomic E-state index is 0.0900. The molecule has 1 rings (SSSR count). The number of rotatable bonds is 2. The summed E-state index contributed by atoms with van der Waals surface area (Å²) in [5.74, 6) is 0.0900. The van der Waals surface area contributed by atoms with Gasteiger partial charge in [-0.3, -0.25) is 0 Å². The Bertz CT molecular complexity index is 258. The van der Waals surface area contributed by atoms with Crippen LogP contribution in [0.15, 0.2) is 24.3 Å². The van der Waals surface area contributed by atoms with E-state index in [4.69, 9.17) is 10.2 Å². The van der Waals surface area contributed by atoms with Gasteiger partial charge in [-0.2, -0.15) is 0 Å². The summed E-state index contributed by atoms with van der Waals surface area (Å²) in [5.41, 5.74) is 0.519. The highest BCUT2D eigenvalue weighted by molar-refractivity contribution is 5.28. The molecule has 12 heavy (non-hydrogen) atoms. The van der Waals surface area contributed by atoms with Crippen LogP contribution in [0.5, 0.6) is 5.75 Å². The van der Waals surface area contributed by atoms with E-state index < -0.39 is 12.2 Å². The van der Waals surface area contributed by atoms with Crippen LogP contribution >= 0.6 is 0 Å². The van der Waals surface area contributed by atoms with Crippen LogP contribution in [0.2, 0.25) is 0 Å². The maximum atomic E-state index is 9.36. The Labute approximate surface area is 70.9 Å². The predicted molar refractivity (Wildman–Crippen MR) is 44.7 cm³/mol. The first-order valence-electron chi connectivity index (χ1n) is 3.76. The first-order valence-corrected chi connectivity index (χ1v) is 3.76. The van der Waals surface area contributed by atoms with Crippen LogP contribution in [0, 0.1) is 0 Å². The van der Waals surface area contributed by atoms with Gasteiger partial charge >= 0.3 is 0 Å². The molecule has 1 aromatic rings. The van der Waals surface area contributed by atoms with Crippen molar-refractivity contribution in [2.45, 2.75) is 19.1 Å². The maximum absolute atomic E-state index is 9.36. The zero-order chi connectivity index (χ0) is 9.14. The molecule has 66 valence electrons. The molecule has 0 heterocycles. The van der Waals surface area contributed by atoms with Crippen molar-refractivity contribution < 1.29 is 15.3 Å². The molecular weight excluding hydrogens is 156 g/mol. The quantitative estimate of drug-likeness (QED) is 0.612. The van der Waals surface area contributed by atoms with E-state index in [2.05, 4.69) is 0 Å². The smallest absolute Gasteiger partial charge is 0.115 e. The molecule has 0 saturated heterocycles. The van der Waals surface area contributed by atoms with Crippen LogP contribution < -0.4 is 0 Å². The summed E-state index contributed by atoms with van der Waals surface area (Å²) in [4.78, 5) is 0. The first kappa shape index (κ1) is 9.03. The second kappa shape index (κ2) is 3.56. The van der Waals surface area contributed by atoms with Crippen LogP contribution in [0.3, 0.4) is 0 Å². The minimum atomic E-state index is -0.933. The Hall–Kier alpha value is -1.06. The Morgan fingerprint density at radius 2 is 1.92 bits per heavy atom. The molecule has 0 aliphatic heterocycles. The summed E-state index contributed by atoms with van der Waals surface area (Å²) in [6.07, 6.45) is -1.76. The van der Waals surface area contributed by atoms with Crippen molar-refractivity contribution in [1.82, 2.24) is 0 Å². The van der Waals surface area contributed by atoms with E-state index in [1.54, 1.807) is 12.1 Å². The molecule has 0 bridgehead atoms. The molecule has 0 aliphatic rings. The molecular formula is C9H12O3. The van der Waals surface area contributed by atoms with Gasteiger partial charge in [0.1, 0.15) is 11.9 Å². The third kappa shape index (κ3) is 1.96. The lowest BCUT2D eigenvalue weighted by Gasteiger charge is -2.13. The summed E-state index contributed by atoms with van der Waals surface area (Å²) < 4.78 is 0. The SMILES string of the molecule is C[C@H](O)[C@H](O)c1cccc(O)c1. The maximum Gasteiger partial charge on any atom is 0.115 e. The van der Waals surface area contributed by atoms with Gasteiger partial charge in [-0.15, -0.1) is 0 Å². The number of hydrogen-bond acceptors (Lipinski definition) is 3. The Morgan fingerprint density at radius 3 is 2.42 bits per heavy atom. The Kier molecular flexibility index (Phi) is 2.68. The lowest BCUT2D eigenvalue weighted by molar-refractivity contribution is 0.0304. The zero-order valence-electron chi connectivity index (χ0n) is 6.81. The van der Waals surface area contributed by atoms with E-state index in [0.717, 1.165) is 0 Å². The van der Waals surface area contributed by atoms with Crippen molar-refractivity contribution in [1.29, 1.82) is 0 Å². The van der Waals surface area contributed by atoms with Gasteiger partial charge in [-0.25, -0.2) is 0 Å². The summed E-state index contributed by atoms with van der Waals surface area (Å²) in [6.45, 7) is 1.49. The van der Waals surface area contributed by atoms with Gasteiger partial charge < -0.3 is 15.3 Å². The molecule has 1 aromatic carbocycles.